The van der Waals surface area contributed by atoms with E-state index >= 15 is 0 Å². The number of rotatable bonds is 5. The monoisotopic (exact) mass is 299 g/mol. The van der Waals surface area contributed by atoms with Gasteiger partial charge in [0.2, 0.25) is 5.89 Å². The normalized spacial score (nSPS) is 10.0. The van der Waals surface area contributed by atoms with Crippen molar-refractivity contribution in [3.05, 3.63) is 22.0 Å². The van der Waals surface area contributed by atoms with E-state index in [4.69, 9.17) is 14.3 Å². The van der Waals surface area contributed by atoms with Crippen molar-refractivity contribution in [2.75, 3.05) is 19.4 Å². The first-order valence-electron chi connectivity index (χ1n) is 5.75. The molecule has 0 aromatic carbocycles. The lowest BCUT2D eigenvalue weighted by atomic mass is 10.6. The molecule has 110 valence electrons. The molecule has 0 amide bonds. The second kappa shape index (κ2) is 8.23. The molecule has 2 aromatic heterocycles. The molecule has 0 aliphatic rings. The second-order valence-electron chi connectivity index (χ2n) is 4.08. The Morgan fingerprint density at radius 1 is 1.50 bits per heavy atom. The molecule has 0 radical (unpaired) electrons. The number of anilines is 1. The van der Waals surface area contributed by atoms with E-state index in [2.05, 4.69) is 20.5 Å². The molecule has 0 unspecified atom stereocenters. The van der Waals surface area contributed by atoms with Crippen molar-refractivity contribution in [1.82, 2.24) is 20.1 Å². The van der Waals surface area contributed by atoms with Gasteiger partial charge in [-0.05, 0) is 21.0 Å². The molecule has 2 rings (SSSR count). The van der Waals surface area contributed by atoms with Crippen molar-refractivity contribution >= 4 is 23.8 Å². The van der Waals surface area contributed by atoms with Crippen LogP contribution in [0.4, 0.5) is 6.01 Å². The molecule has 2 heterocycles. The molecular formula is C11H17N5O3S. The predicted molar refractivity (Wildman–Crippen MR) is 74.6 cm³/mol. The molecule has 0 saturated heterocycles. The van der Waals surface area contributed by atoms with Crippen LogP contribution in [-0.4, -0.2) is 45.8 Å². The van der Waals surface area contributed by atoms with Gasteiger partial charge in [-0.1, -0.05) is 5.10 Å². The lowest BCUT2D eigenvalue weighted by Gasteiger charge is -2.03. The third kappa shape index (κ3) is 5.76. The maximum Gasteiger partial charge on any atom is 0.315 e. The van der Waals surface area contributed by atoms with Gasteiger partial charge in [0.05, 0.1) is 13.1 Å². The number of nitrogens with zero attached hydrogens (tertiary/aromatic N) is 4. The standard InChI is InChI=1S/C10H15N5OS.CH2O2/c1-7-6-17-9(12-7)4-11-10-14-13-8(16-10)5-15(2)3;2-1-3/h6H,4-5H2,1-3H3,(H,11,14);1H,(H,2,3). The summed E-state index contributed by atoms with van der Waals surface area (Å²) in [5.41, 5.74) is 1.03. The summed E-state index contributed by atoms with van der Waals surface area (Å²) in [4.78, 5) is 14.7. The Bertz CT molecular complexity index is 526. The fraction of sp³-hybridized carbons (Fsp3) is 0.455. The molecule has 0 saturated carbocycles. The Balaban J connectivity index is 0.000000612. The topological polar surface area (TPSA) is 104 Å². The second-order valence-corrected chi connectivity index (χ2v) is 5.02. The quantitative estimate of drug-likeness (QED) is 0.794. The van der Waals surface area contributed by atoms with E-state index in [1.54, 1.807) is 11.3 Å². The van der Waals surface area contributed by atoms with Gasteiger partial charge in [0.1, 0.15) is 5.01 Å². The van der Waals surface area contributed by atoms with Crippen molar-refractivity contribution in [2.45, 2.75) is 20.0 Å². The lowest BCUT2D eigenvalue weighted by Crippen LogP contribution is -2.10. The van der Waals surface area contributed by atoms with Crippen LogP contribution < -0.4 is 5.32 Å². The first kappa shape index (κ1) is 16.1. The van der Waals surface area contributed by atoms with Crippen LogP contribution in [0.2, 0.25) is 0 Å². The third-order valence-electron chi connectivity index (χ3n) is 1.98. The number of hydrogen-bond donors (Lipinski definition) is 2. The minimum atomic E-state index is -0.250. The van der Waals surface area contributed by atoms with Gasteiger partial charge < -0.3 is 19.7 Å². The van der Waals surface area contributed by atoms with E-state index in [-0.39, 0.29) is 6.47 Å². The van der Waals surface area contributed by atoms with Gasteiger partial charge in [0, 0.05) is 11.1 Å². The predicted octanol–water partition coefficient (Wildman–Crippen LogP) is 1.21. The molecule has 8 nitrogen and oxygen atoms in total. The van der Waals surface area contributed by atoms with E-state index in [9.17, 15) is 0 Å². The van der Waals surface area contributed by atoms with Gasteiger partial charge in [0.15, 0.2) is 0 Å². The molecule has 2 N–H and O–H groups in total. The van der Waals surface area contributed by atoms with Crippen LogP contribution in [0, 0.1) is 6.92 Å². The van der Waals surface area contributed by atoms with Crippen LogP contribution in [0.3, 0.4) is 0 Å². The Morgan fingerprint density at radius 2 is 2.20 bits per heavy atom. The number of aromatic nitrogens is 3. The fourth-order valence-corrected chi connectivity index (χ4v) is 2.01. The summed E-state index contributed by atoms with van der Waals surface area (Å²) < 4.78 is 5.42. The highest BCUT2D eigenvalue weighted by Crippen LogP contribution is 2.12. The fourth-order valence-electron chi connectivity index (χ4n) is 1.29. The van der Waals surface area contributed by atoms with Crippen molar-refractivity contribution in [3.8, 4) is 0 Å². The summed E-state index contributed by atoms with van der Waals surface area (Å²) in [6.45, 7) is 2.98. The summed E-state index contributed by atoms with van der Waals surface area (Å²) in [5.74, 6) is 0.604. The Labute approximate surface area is 120 Å². The molecule has 0 aliphatic carbocycles. The van der Waals surface area contributed by atoms with Gasteiger partial charge in [-0.3, -0.25) is 4.79 Å². The van der Waals surface area contributed by atoms with Crippen molar-refractivity contribution in [3.63, 3.8) is 0 Å². The van der Waals surface area contributed by atoms with Gasteiger partial charge in [-0.2, -0.15) is 0 Å². The van der Waals surface area contributed by atoms with E-state index < -0.39 is 0 Å². The SMILES string of the molecule is Cc1csc(CNc2nnc(CN(C)C)o2)n1.O=CO. The molecule has 0 atom stereocenters. The maximum absolute atomic E-state index is 8.36. The van der Waals surface area contributed by atoms with E-state index in [0.717, 1.165) is 10.7 Å². The van der Waals surface area contributed by atoms with Crippen LogP contribution >= 0.6 is 11.3 Å². The van der Waals surface area contributed by atoms with Crippen molar-refractivity contribution in [1.29, 1.82) is 0 Å². The van der Waals surface area contributed by atoms with Crippen LogP contribution in [0.1, 0.15) is 16.6 Å². The minimum absolute atomic E-state index is 0.250. The number of carboxylic acid groups (broad SMARTS) is 1. The van der Waals surface area contributed by atoms with Gasteiger partial charge in [-0.15, -0.1) is 16.4 Å². The first-order valence-corrected chi connectivity index (χ1v) is 6.63. The highest BCUT2D eigenvalue weighted by Gasteiger charge is 2.07. The highest BCUT2D eigenvalue weighted by atomic mass is 32.1. The molecule has 0 bridgehead atoms. The molecule has 0 fully saturated rings. The average molecular weight is 299 g/mol. The van der Waals surface area contributed by atoms with Crippen molar-refractivity contribution in [2.24, 2.45) is 0 Å². The van der Waals surface area contributed by atoms with Crippen LogP contribution in [-0.2, 0) is 17.9 Å². The molecule has 0 spiro atoms. The zero-order valence-electron chi connectivity index (χ0n) is 11.5. The van der Waals surface area contributed by atoms with E-state index in [1.807, 2.05) is 31.3 Å². The number of hydrogen-bond acceptors (Lipinski definition) is 8. The van der Waals surface area contributed by atoms with Gasteiger partial charge >= 0.3 is 6.01 Å². The van der Waals surface area contributed by atoms with Gasteiger partial charge in [0.25, 0.3) is 6.47 Å². The highest BCUT2D eigenvalue weighted by molar-refractivity contribution is 7.09. The zero-order chi connectivity index (χ0) is 15.0. The van der Waals surface area contributed by atoms with Crippen molar-refractivity contribution < 1.29 is 14.3 Å². The summed E-state index contributed by atoms with van der Waals surface area (Å²) in [5, 5.41) is 20.8. The smallest absolute Gasteiger partial charge is 0.315 e. The molecule has 20 heavy (non-hydrogen) atoms. The van der Waals surface area contributed by atoms with Crippen LogP contribution in [0.25, 0.3) is 0 Å². The lowest BCUT2D eigenvalue weighted by molar-refractivity contribution is -0.122. The average Bonchev–Trinajstić information content (AvgIpc) is 2.96. The number of nitrogens with one attached hydrogen (secondary N) is 1. The maximum atomic E-state index is 8.36. The summed E-state index contributed by atoms with van der Waals surface area (Å²) >= 11 is 1.61. The van der Waals surface area contributed by atoms with E-state index in [1.165, 1.54) is 0 Å². The Hall–Kier alpha value is -2.00. The minimum Gasteiger partial charge on any atom is -0.483 e. The van der Waals surface area contributed by atoms with E-state index in [0.29, 0.717) is 25.0 Å². The molecular weight excluding hydrogens is 282 g/mol. The Kier molecular flexibility index (Phi) is 6.60. The summed E-state index contributed by atoms with van der Waals surface area (Å²) in [6, 6.07) is 0.440. The van der Waals surface area contributed by atoms with Crippen LogP contribution in [0.5, 0.6) is 0 Å². The molecule has 2 aromatic rings. The first-order chi connectivity index (χ1) is 9.55. The Morgan fingerprint density at radius 3 is 2.75 bits per heavy atom. The largest absolute Gasteiger partial charge is 0.483 e. The van der Waals surface area contributed by atoms with Gasteiger partial charge in [-0.25, -0.2) is 4.98 Å². The third-order valence-corrected chi connectivity index (χ3v) is 2.94. The summed E-state index contributed by atoms with van der Waals surface area (Å²) in [6.07, 6.45) is 0. The molecule has 9 heteroatoms. The zero-order valence-corrected chi connectivity index (χ0v) is 12.3. The number of aryl methyl sites for hydroxylation is 1. The van der Waals surface area contributed by atoms with Crippen LogP contribution in [0.15, 0.2) is 9.80 Å². The number of thiazole rings is 1. The number of carbonyl (C=O) groups is 1. The summed E-state index contributed by atoms with van der Waals surface area (Å²) in [7, 11) is 3.91. The molecule has 0 aliphatic heterocycles.